The van der Waals surface area contributed by atoms with Crippen molar-refractivity contribution in [2.24, 2.45) is 0 Å². The van der Waals surface area contributed by atoms with Crippen LogP contribution in [0.15, 0.2) is 36.4 Å². The number of benzene rings is 2. The van der Waals surface area contributed by atoms with E-state index >= 15 is 0 Å². The molecule has 0 aliphatic heterocycles. The van der Waals surface area contributed by atoms with E-state index in [1.165, 1.54) is 31.2 Å². The maximum Gasteiger partial charge on any atom is 0.161 e. The van der Waals surface area contributed by atoms with E-state index in [1.807, 2.05) is 0 Å². The zero-order valence-corrected chi connectivity index (χ0v) is 11.4. The minimum atomic E-state index is -0.515. The Morgan fingerprint density at radius 3 is 2.16 bits per heavy atom. The predicted molar refractivity (Wildman–Crippen MR) is 72.9 cm³/mol. The molecular weight excluding hydrogens is 290 g/mol. The lowest BCUT2D eigenvalue weighted by Gasteiger charge is -2.08. The summed E-state index contributed by atoms with van der Waals surface area (Å²) in [6.07, 6.45) is 0. The maximum atomic E-state index is 13.0. The molecule has 98 valence electrons. The smallest absolute Gasteiger partial charge is 0.161 e. The van der Waals surface area contributed by atoms with Crippen molar-refractivity contribution in [3.63, 3.8) is 0 Å². The van der Waals surface area contributed by atoms with Crippen LogP contribution in [0.25, 0.3) is 0 Å². The summed E-state index contributed by atoms with van der Waals surface area (Å²) < 4.78 is 18.5. The van der Waals surface area contributed by atoms with Crippen LogP contribution >= 0.6 is 23.2 Å². The molecule has 0 fully saturated rings. The number of hydrogen-bond acceptors (Lipinski definition) is 2. The van der Waals surface area contributed by atoms with E-state index in [2.05, 4.69) is 0 Å². The first-order valence-corrected chi connectivity index (χ1v) is 6.16. The molecule has 0 aliphatic carbocycles. The number of carbonyl (C=O) groups excluding carboxylic acids is 1. The topological polar surface area (TPSA) is 26.3 Å². The molecular formula is C14H9Cl2FO2. The van der Waals surface area contributed by atoms with Gasteiger partial charge < -0.3 is 4.74 Å². The first-order chi connectivity index (χ1) is 8.97. The van der Waals surface area contributed by atoms with Crippen LogP contribution in [0, 0.1) is 5.82 Å². The van der Waals surface area contributed by atoms with Gasteiger partial charge in [0.2, 0.25) is 0 Å². The summed E-state index contributed by atoms with van der Waals surface area (Å²) in [4.78, 5) is 11.2. The van der Waals surface area contributed by atoms with Crippen molar-refractivity contribution in [2.45, 2.75) is 6.92 Å². The second-order valence-electron chi connectivity index (χ2n) is 3.88. The molecule has 0 saturated heterocycles. The van der Waals surface area contributed by atoms with Gasteiger partial charge in [0.15, 0.2) is 5.78 Å². The Bertz CT molecular complexity index is 641. The summed E-state index contributed by atoms with van der Waals surface area (Å²) in [6, 6.07) is 8.74. The molecule has 0 aromatic heterocycles. The van der Waals surface area contributed by atoms with Crippen LogP contribution in [0.2, 0.25) is 10.0 Å². The Kier molecular flexibility index (Phi) is 4.08. The van der Waals surface area contributed by atoms with E-state index < -0.39 is 5.82 Å². The molecule has 2 nitrogen and oxygen atoms in total. The van der Waals surface area contributed by atoms with Crippen molar-refractivity contribution in [2.75, 3.05) is 0 Å². The minimum Gasteiger partial charge on any atom is -0.457 e. The van der Waals surface area contributed by atoms with E-state index in [-0.39, 0.29) is 10.8 Å². The van der Waals surface area contributed by atoms with Gasteiger partial charge in [-0.2, -0.15) is 0 Å². The third kappa shape index (κ3) is 3.25. The van der Waals surface area contributed by atoms with E-state index in [0.717, 1.165) is 0 Å². The number of carbonyl (C=O) groups is 1. The highest BCUT2D eigenvalue weighted by molar-refractivity contribution is 6.34. The summed E-state index contributed by atoms with van der Waals surface area (Å²) >= 11 is 11.6. The van der Waals surface area contributed by atoms with Gasteiger partial charge in [-0.1, -0.05) is 23.2 Å². The molecule has 0 aliphatic rings. The fourth-order valence-corrected chi connectivity index (χ4v) is 2.00. The zero-order valence-electron chi connectivity index (χ0n) is 9.91. The summed E-state index contributed by atoms with van der Waals surface area (Å²) in [5, 5.41) is 0.280. The third-order valence-corrected chi connectivity index (χ3v) is 3.05. The number of ether oxygens (including phenoxy) is 1. The third-order valence-electron chi connectivity index (χ3n) is 2.45. The lowest BCUT2D eigenvalue weighted by molar-refractivity contribution is 0.101. The summed E-state index contributed by atoms with van der Waals surface area (Å²) in [6.45, 7) is 1.43. The fourth-order valence-electron chi connectivity index (χ4n) is 1.52. The Morgan fingerprint density at radius 1 is 1.05 bits per heavy atom. The van der Waals surface area contributed by atoms with Gasteiger partial charge in [-0.05, 0) is 31.2 Å². The van der Waals surface area contributed by atoms with Crippen molar-refractivity contribution in [1.82, 2.24) is 0 Å². The first kappa shape index (κ1) is 13.8. The monoisotopic (exact) mass is 298 g/mol. The number of hydrogen-bond donors (Lipinski definition) is 0. The van der Waals surface area contributed by atoms with Crippen molar-refractivity contribution in [3.05, 3.63) is 57.8 Å². The average Bonchev–Trinajstić information content (AvgIpc) is 2.33. The highest BCUT2D eigenvalue weighted by Crippen LogP contribution is 2.29. The maximum absolute atomic E-state index is 13.0. The molecule has 0 bridgehead atoms. The van der Waals surface area contributed by atoms with Gasteiger partial charge in [-0.25, -0.2) is 4.39 Å². The van der Waals surface area contributed by atoms with Crippen LogP contribution in [0.4, 0.5) is 4.39 Å². The largest absolute Gasteiger partial charge is 0.457 e. The molecule has 0 unspecified atom stereocenters. The molecule has 0 heterocycles. The molecule has 0 saturated carbocycles. The normalized spacial score (nSPS) is 10.3. The molecule has 0 spiro atoms. The van der Waals surface area contributed by atoms with Gasteiger partial charge in [0.1, 0.15) is 17.3 Å². The fraction of sp³-hybridized carbons (Fsp3) is 0.0714. The minimum absolute atomic E-state index is 0.0241. The molecule has 5 heteroatoms. The van der Waals surface area contributed by atoms with Crippen molar-refractivity contribution in [3.8, 4) is 11.5 Å². The standard InChI is InChI=1S/C14H9Cl2FO2/c1-8(18)11-4-2-9(6-12(11)15)19-10-3-5-14(17)13(16)7-10/h2-7H,1H3. The van der Waals surface area contributed by atoms with Crippen molar-refractivity contribution >= 4 is 29.0 Å². The molecule has 0 N–H and O–H groups in total. The van der Waals surface area contributed by atoms with Crippen LogP contribution in [0.1, 0.15) is 17.3 Å². The van der Waals surface area contributed by atoms with Crippen LogP contribution < -0.4 is 4.74 Å². The van der Waals surface area contributed by atoms with Gasteiger partial charge in [0.05, 0.1) is 10.0 Å². The number of rotatable bonds is 3. The molecule has 2 rings (SSSR count). The van der Waals surface area contributed by atoms with Crippen molar-refractivity contribution < 1.29 is 13.9 Å². The molecule has 0 amide bonds. The average molecular weight is 299 g/mol. The second kappa shape index (κ2) is 5.59. The van der Waals surface area contributed by atoms with E-state index in [1.54, 1.807) is 12.1 Å². The van der Waals surface area contributed by atoms with Gasteiger partial charge in [-0.15, -0.1) is 0 Å². The quantitative estimate of drug-likeness (QED) is 0.735. The van der Waals surface area contributed by atoms with Crippen LogP contribution in [-0.2, 0) is 0 Å². The Morgan fingerprint density at radius 2 is 1.63 bits per heavy atom. The van der Waals surface area contributed by atoms with Crippen molar-refractivity contribution in [1.29, 1.82) is 0 Å². The van der Waals surface area contributed by atoms with E-state index in [9.17, 15) is 9.18 Å². The second-order valence-corrected chi connectivity index (χ2v) is 4.69. The number of ketones is 1. The molecule has 0 radical (unpaired) electrons. The molecule has 2 aromatic rings. The molecule has 2 aromatic carbocycles. The van der Waals surface area contributed by atoms with Crippen LogP contribution in [0.3, 0.4) is 0 Å². The number of halogens is 3. The lowest BCUT2D eigenvalue weighted by Crippen LogP contribution is -1.94. The van der Waals surface area contributed by atoms with Gasteiger partial charge >= 0.3 is 0 Å². The zero-order chi connectivity index (χ0) is 14.0. The van der Waals surface area contributed by atoms with Gasteiger partial charge in [-0.3, -0.25) is 4.79 Å². The Hall–Kier alpha value is -1.58. The lowest BCUT2D eigenvalue weighted by atomic mass is 10.1. The first-order valence-electron chi connectivity index (χ1n) is 5.41. The predicted octanol–water partition coefficient (Wildman–Crippen LogP) is 5.13. The molecule has 0 atom stereocenters. The van der Waals surface area contributed by atoms with Gasteiger partial charge in [0, 0.05) is 17.7 Å². The summed E-state index contributed by atoms with van der Waals surface area (Å²) in [5.74, 6) is 0.191. The highest BCUT2D eigenvalue weighted by Gasteiger charge is 2.08. The highest BCUT2D eigenvalue weighted by atomic mass is 35.5. The summed E-state index contributed by atoms with van der Waals surface area (Å²) in [7, 11) is 0. The van der Waals surface area contributed by atoms with Crippen LogP contribution in [0.5, 0.6) is 11.5 Å². The van der Waals surface area contributed by atoms with Gasteiger partial charge in [0.25, 0.3) is 0 Å². The van der Waals surface area contributed by atoms with E-state index in [4.69, 9.17) is 27.9 Å². The van der Waals surface area contributed by atoms with Crippen LogP contribution in [-0.4, -0.2) is 5.78 Å². The Labute approximate surface area is 119 Å². The SMILES string of the molecule is CC(=O)c1ccc(Oc2ccc(F)c(Cl)c2)cc1Cl. The number of Topliss-reactive ketones (excluding diaryl/α,β-unsaturated/α-hetero) is 1. The Balaban J connectivity index is 2.26. The molecule has 19 heavy (non-hydrogen) atoms. The summed E-state index contributed by atoms with van der Waals surface area (Å²) in [5.41, 5.74) is 0.422. The van der Waals surface area contributed by atoms with E-state index in [0.29, 0.717) is 22.1 Å².